The van der Waals surface area contributed by atoms with E-state index >= 15 is 0 Å². The minimum Gasteiger partial charge on any atom is -0.392 e. The molecule has 2 rings (SSSR count). The number of hydrogen-bond donors (Lipinski definition) is 2. The third kappa shape index (κ3) is 4.77. The van der Waals surface area contributed by atoms with Gasteiger partial charge in [-0.3, -0.25) is 0 Å². The number of carbonyl (C=O) groups excluding carboxylic acids is 1. The molecule has 2 unspecified atom stereocenters. The number of nitrogens with zero attached hydrogens (tertiary/aromatic N) is 2. The number of alkyl halides is 3. The van der Waals surface area contributed by atoms with E-state index in [1.807, 2.05) is 4.90 Å². The first-order valence-electron chi connectivity index (χ1n) is 7.78. The minimum absolute atomic E-state index is 0.0729. The second kappa shape index (κ2) is 7.29. The molecule has 1 aliphatic rings. The molecule has 1 saturated heterocycles. The standard InChI is InChI=1S/C16H22F3N3O2/c1-11(23)9-21(2)15(24)20-13-7-8-22(10-13)14-5-3-12(4-6-14)16(17,18)19/h3-6,11,13,23H,7-10H2,1-2H3,(H,20,24). The van der Waals surface area contributed by atoms with Crippen LogP contribution in [0.3, 0.4) is 0 Å². The van der Waals surface area contributed by atoms with E-state index in [1.165, 1.54) is 17.0 Å². The predicted octanol–water partition coefficient (Wildman–Crippen LogP) is 2.31. The Hall–Kier alpha value is -1.96. The summed E-state index contributed by atoms with van der Waals surface area (Å²) < 4.78 is 37.8. The topological polar surface area (TPSA) is 55.8 Å². The van der Waals surface area contributed by atoms with Crippen LogP contribution in [0.25, 0.3) is 0 Å². The Labute approximate surface area is 139 Å². The zero-order valence-electron chi connectivity index (χ0n) is 13.7. The van der Waals surface area contributed by atoms with Crippen LogP contribution in [-0.2, 0) is 6.18 Å². The zero-order chi connectivity index (χ0) is 17.9. The number of amides is 2. The fourth-order valence-corrected chi connectivity index (χ4v) is 2.74. The van der Waals surface area contributed by atoms with Crippen molar-refractivity contribution in [2.45, 2.75) is 31.7 Å². The van der Waals surface area contributed by atoms with E-state index in [9.17, 15) is 23.1 Å². The molecule has 2 N–H and O–H groups in total. The molecule has 1 fully saturated rings. The number of rotatable bonds is 4. The van der Waals surface area contributed by atoms with Gasteiger partial charge in [0.25, 0.3) is 0 Å². The summed E-state index contributed by atoms with van der Waals surface area (Å²) in [5, 5.41) is 12.2. The van der Waals surface area contributed by atoms with E-state index in [0.717, 1.165) is 18.6 Å². The molecule has 0 spiro atoms. The average Bonchev–Trinajstić information content (AvgIpc) is 2.94. The predicted molar refractivity (Wildman–Crippen MR) is 84.9 cm³/mol. The molecule has 0 radical (unpaired) electrons. The van der Waals surface area contributed by atoms with Crippen molar-refractivity contribution in [3.63, 3.8) is 0 Å². The van der Waals surface area contributed by atoms with E-state index in [4.69, 9.17) is 0 Å². The third-order valence-electron chi connectivity index (χ3n) is 3.96. The van der Waals surface area contributed by atoms with Crippen molar-refractivity contribution < 1.29 is 23.1 Å². The summed E-state index contributed by atoms with van der Waals surface area (Å²) in [5.41, 5.74) is 0.0344. The maximum atomic E-state index is 12.6. The van der Waals surface area contributed by atoms with E-state index < -0.39 is 17.8 Å². The molecule has 0 aromatic heterocycles. The highest BCUT2D eigenvalue weighted by atomic mass is 19.4. The zero-order valence-corrected chi connectivity index (χ0v) is 13.7. The van der Waals surface area contributed by atoms with E-state index in [-0.39, 0.29) is 18.6 Å². The van der Waals surface area contributed by atoms with Crippen LogP contribution in [0.2, 0.25) is 0 Å². The van der Waals surface area contributed by atoms with E-state index in [2.05, 4.69) is 5.32 Å². The van der Waals surface area contributed by atoms with Gasteiger partial charge in [-0.25, -0.2) is 4.79 Å². The van der Waals surface area contributed by atoms with Gasteiger partial charge in [0.05, 0.1) is 11.7 Å². The van der Waals surface area contributed by atoms with Crippen molar-refractivity contribution in [3.05, 3.63) is 29.8 Å². The third-order valence-corrected chi connectivity index (χ3v) is 3.96. The number of carbonyl (C=O) groups is 1. The smallest absolute Gasteiger partial charge is 0.392 e. The molecule has 134 valence electrons. The number of halogens is 3. The molecule has 0 bridgehead atoms. The molecule has 1 heterocycles. The monoisotopic (exact) mass is 345 g/mol. The molecule has 24 heavy (non-hydrogen) atoms. The van der Waals surface area contributed by atoms with Crippen LogP contribution in [0.5, 0.6) is 0 Å². The van der Waals surface area contributed by atoms with Gasteiger partial charge in [-0.2, -0.15) is 13.2 Å². The van der Waals surface area contributed by atoms with Crippen molar-refractivity contribution in [1.82, 2.24) is 10.2 Å². The van der Waals surface area contributed by atoms with Crippen molar-refractivity contribution in [2.75, 3.05) is 31.6 Å². The second-order valence-electron chi connectivity index (χ2n) is 6.16. The highest BCUT2D eigenvalue weighted by Gasteiger charge is 2.31. The summed E-state index contributed by atoms with van der Waals surface area (Å²) in [4.78, 5) is 15.3. The average molecular weight is 345 g/mol. The maximum absolute atomic E-state index is 12.6. The largest absolute Gasteiger partial charge is 0.416 e. The quantitative estimate of drug-likeness (QED) is 0.880. The van der Waals surface area contributed by atoms with E-state index in [0.29, 0.717) is 18.8 Å². The van der Waals surface area contributed by atoms with Crippen LogP contribution in [0.4, 0.5) is 23.7 Å². The Morgan fingerprint density at radius 1 is 1.42 bits per heavy atom. The Balaban J connectivity index is 1.90. The highest BCUT2D eigenvalue weighted by Crippen LogP contribution is 2.31. The van der Waals surface area contributed by atoms with Gasteiger partial charge < -0.3 is 20.2 Å². The number of hydrogen-bond acceptors (Lipinski definition) is 3. The maximum Gasteiger partial charge on any atom is 0.416 e. The van der Waals surface area contributed by atoms with Gasteiger partial charge >= 0.3 is 12.2 Å². The fraction of sp³-hybridized carbons (Fsp3) is 0.562. The molecule has 0 saturated carbocycles. The number of nitrogens with one attached hydrogen (secondary N) is 1. The first-order valence-corrected chi connectivity index (χ1v) is 7.78. The first kappa shape index (κ1) is 18.4. The lowest BCUT2D eigenvalue weighted by Gasteiger charge is -2.23. The number of anilines is 1. The van der Waals surface area contributed by atoms with Crippen LogP contribution < -0.4 is 10.2 Å². The van der Waals surface area contributed by atoms with Crippen LogP contribution in [-0.4, -0.2) is 54.9 Å². The highest BCUT2D eigenvalue weighted by molar-refractivity contribution is 5.74. The molecule has 8 heteroatoms. The molecule has 0 aliphatic carbocycles. The number of benzene rings is 1. The summed E-state index contributed by atoms with van der Waals surface area (Å²) in [6.07, 6.45) is -4.22. The number of urea groups is 1. The summed E-state index contributed by atoms with van der Waals surface area (Å²) in [6, 6.07) is 4.69. The van der Waals surface area contributed by atoms with Crippen molar-refractivity contribution in [2.24, 2.45) is 0 Å². The minimum atomic E-state index is -4.34. The lowest BCUT2D eigenvalue weighted by atomic mass is 10.2. The van der Waals surface area contributed by atoms with Crippen LogP contribution in [0, 0.1) is 0 Å². The molecule has 5 nitrogen and oxygen atoms in total. The van der Waals surface area contributed by atoms with Crippen LogP contribution in [0.15, 0.2) is 24.3 Å². The molecular formula is C16H22F3N3O2. The lowest BCUT2D eigenvalue weighted by Crippen LogP contribution is -2.46. The fourth-order valence-electron chi connectivity index (χ4n) is 2.74. The van der Waals surface area contributed by atoms with Gasteiger partial charge in [-0.1, -0.05) is 0 Å². The SMILES string of the molecule is CC(O)CN(C)C(=O)NC1CCN(c2ccc(C(F)(F)F)cc2)C1. The second-order valence-corrected chi connectivity index (χ2v) is 6.16. The first-order chi connectivity index (χ1) is 11.2. The Kier molecular flexibility index (Phi) is 5.58. The Morgan fingerprint density at radius 3 is 2.58 bits per heavy atom. The summed E-state index contributed by atoms with van der Waals surface area (Å²) >= 11 is 0. The van der Waals surface area contributed by atoms with Crippen molar-refractivity contribution in [3.8, 4) is 0 Å². The molecule has 2 amide bonds. The molecule has 1 aromatic carbocycles. The Bertz CT molecular complexity index is 561. The van der Waals surface area contributed by atoms with Gasteiger partial charge in [-0.15, -0.1) is 0 Å². The molecule has 1 aromatic rings. The number of aliphatic hydroxyl groups is 1. The van der Waals surface area contributed by atoms with Crippen molar-refractivity contribution >= 4 is 11.7 Å². The van der Waals surface area contributed by atoms with Crippen LogP contribution in [0.1, 0.15) is 18.9 Å². The summed E-state index contributed by atoms with van der Waals surface area (Å²) in [6.45, 7) is 3.04. The van der Waals surface area contributed by atoms with Gasteiger partial charge in [0, 0.05) is 38.4 Å². The van der Waals surface area contributed by atoms with Gasteiger partial charge in [-0.05, 0) is 37.6 Å². The lowest BCUT2D eigenvalue weighted by molar-refractivity contribution is -0.137. The molecule has 2 atom stereocenters. The number of aliphatic hydroxyl groups excluding tert-OH is 1. The van der Waals surface area contributed by atoms with Gasteiger partial charge in [0.1, 0.15) is 0 Å². The number of likely N-dealkylation sites (N-methyl/N-ethyl adjacent to an activating group) is 1. The summed E-state index contributed by atoms with van der Waals surface area (Å²) in [7, 11) is 1.60. The Morgan fingerprint density at radius 2 is 2.04 bits per heavy atom. The normalized spacial score (nSPS) is 19.2. The summed E-state index contributed by atoms with van der Waals surface area (Å²) in [5.74, 6) is 0. The molecular weight excluding hydrogens is 323 g/mol. The molecule has 1 aliphatic heterocycles. The van der Waals surface area contributed by atoms with Crippen LogP contribution >= 0.6 is 0 Å². The van der Waals surface area contributed by atoms with Gasteiger partial charge in [0.2, 0.25) is 0 Å². The van der Waals surface area contributed by atoms with Gasteiger partial charge in [0.15, 0.2) is 0 Å². The van der Waals surface area contributed by atoms with Crippen molar-refractivity contribution in [1.29, 1.82) is 0 Å². The van der Waals surface area contributed by atoms with E-state index in [1.54, 1.807) is 14.0 Å².